The highest BCUT2D eigenvalue weighted by Gasteiger charge is 1.90. The van der Waals surface area contributed by atoms with E-state index in [2.05, 4.69) is 23.1 Å². The highest BCUT2D eigenvalue weighted by Crippen LogP contribution is 2.04. The summed E-state index contributed by atoms with van der Waals surface area (Å²) in [7, 11) is 0. The molecule has 0 radical (unpaired) electrons. The molecule has 8 heavy (non-hydrogen) atoms. The summed E-state index contributed by atoms with van der Waals surface area (Å²) >= 11 is 8.57. The molecule has 0 heterocycles. The molecule has 0 bridgehead atoms. The summed E-state index contributed by atoms with van der Waals surface area (Å²) < 4.78 is 1.52. The highest BCUT2D eigenvalue weighted by molar-refractivity contribution is 9.08. The Morgan fingerprint density at radius 2 is 2.12 bits per heavy atom. The first-order chi connectivity index (χ1) is 3.77. The second-order valence-electron chi connectivity index (χ2n) is 1.73. The van der Waals surface area contributed by atoms with E-state index in [-0.39, 0.29) is 0 Å². The van der Waals surface area contributed by atoms with Crippen LogP contribution in [0.5, 0.6) is 0 Å². The standard InChI is InChI=1S/C5H11BrClN/c1-2-3-4-5-8(6)7/h2-5H2,1H3. The fraction of sp³-hybridized carbons (Fsp3) is 1.00. The maximum absolute atomic E-state index is 5.46. The molecule has 0 unspecified atom stereocenters. The SMILES string of the molecule is CCCCCN(Cl)Br. The summed E-state index contributed by atoms with van der Waals surface area (Å²) in [5, 5.41) is 0. The number of halogens is 2. The third-order valence-electron chi connectivity index (χ3n) is 0.931. The van der Waals surface area contributed by atoms with Crippen LogP contribution in [0.25, 0.3) is 0 Å². The Labute approximate surface area is 64.5 Å². The largest absolute Gasteiger partial charge is 0.155 e. The van der Waals surface area contributed by atoms with Crippen molar-refractivity contribution in [2.45, 2.75) is 26.2 Å². The quantitative estimate of drug-likeness (QED) is 0.498. The Morgan fingerprint density at radius 1 is 1.50 bits per heavy atom. The van der Waals surface area contributed by atoms with Crippen molar-refractivity contribution in [3.8, 4) is 0 Å². The molecule has 0 atom stereocenters. The lowest BCUT2D eigenvalue weighted by molar-refractivity contribution is 0.629. The van der Waals surface area contributed by atoms with Gasteiger partial charge in [0.2, 0.25) is 0 Å². The highest BCUT2D eigenvalue weighted by atomic mass is 79.9. The molecule has 0 fully saturated rings. The zero-order valence-electron chi connectivity index (χ0n) is 5.03. The molecule has 0 aromatic heterocycles. The third-order valence-corrected chi connectivity index (χ3v) is 1.45. The average Bonchev–Trinajstić information content (AvgIpc) is 1.66. The summed E-state index contributed by atoms with van der Waals surface area (Å²) in [6.45, 7) is 3.10. The molecule has 1 nitrogen and oxygen atoms in total. The number of unbranched alkanes of at least 4 members (excludes halogenated alkanes) is 2. The van der Waals surface area contributed by atoms with Gasteiger partial charge in [-0.15, -0.1) is 0 Å². The van der Waals surface area contributed by atoms with Crippen LogP contribution < -0.4 is 0 Å². The van der Waals surface area contributed by atoms with Crippen molar-refractivity contribution >= 4 is 27.9 Å². The van der Waals surface area contributed by atoms with E-state index in [1.54, 1.807) is 0 Å². The van der Waals surface area contributed by atoms with Crippen LogP contribution in [-0.2, 0) is 0 Å². The molecule has 0 aliphatic rings. The molecule has 0 saturated carbocycles. The summed E-state index contributed by atoms with van der Waals surface area (Å²) in [6.07, 6.45) is 3.68. The molecule has 0 aliphatic heterocycles. The minimum absolute atomic E-state index is 0.926. The molecular formula is C5H11BrClN. The zero-order valence-corrected chi connectivity index (χ0v) is 7.37. The van der Waals surface area contributed by atoms with Gasteiger partial charge in [-0.25, -0.2) is 0 Å². The maximum atomic E-state index is 5.46. The van der Waals surface area contributed by atoms with E-state index in [1.807, 2.05) is 0 Å². The van der Waals surface area contributed by atoms with Crippen molar-refractivity contribution in [1.29, 1.82) is 0 Å². The fourth-order valence-electron chi connectivity index (χ4n) is 0.481. The van der Waals surface area contributed by atoms with Gasteiger partial charge in [-0.05, 0) is 18.2 Å². The monoisotopic (exact) mass is 199 g/mol. The Hall–Kier alpha value is 0.730. The van der Waals surface area contributed by atoms with Crippen LogP contribution in [0.15, 0.2) is 0 Å². The summed E-state index contributed by atoms with van der Waals surface area (Å²) in [5.41, 5.74) is 0. The second kappa shape index (κ2) is 5.86. The van der Waals surface area contributed by atoms with Crippen LogP contribution >= 0.6 is 27.9 Å². The van der Waals surface area contributed by atoms with Crippen molar-refractivity contribution in [3.63, 3.8) is 0 Å². The van der Waals surface area contributed by atoms with Gasteiger partial charge in [0.1, 0.15) is 0 Å². The number of hydrogen-bond acceptors (Lipinski definition) is 1. The Morgan fingerprint density at radius 3 is 2.50 bits per heavy atom. The van der Waals surface area contributed by atoms with Crippen molar-refractivity contribution in [1.82, 2.24) is 3.45 Å². The first-order valence-electron chi connectivity index (χ1n) is 2.86. The first-order valence-corrected chi connectivity index (χ1v) is 3.91. The van der Waals surface area contributed by atoms with E-state index in [0.717, 1.165) is 6.54 Å². The Bertz CT molecular complexity index is 49.7. The molecule has 0 saturated heterocycles. The minimum atomic E-state index is 0.926. The van der Waals surface area contributed by atoms with Gasteiger partial charge in [0.05, 0.1) is 0 Å². The normalized spacial score (nSPS) is 10.5. The van der Waals surface area contributed by atoms with E-state index in [1.165, 1.54) is 22.7 Å². The molecular weight excluding hydrogens is 189 g/mol. The summed E-state index contributed by atoms with van der Waals surface area (Å²) in [6, 6.07) is 0. The van der Waals surface area contributed by atoms with E-state index < -0.39 is 0 Å². The smallest absolute Gasteiger partial charge is 0.0289 e. The van der Waals surface area contributed by atoms with Gasteiger partial charge in [-0.1, -0.05) is 19.8 Å². The lowest BCUT2D eigenvalue weighted by Crippen LogP contribution is -1.97. The Kier molecular flexibility index (Phi) is 6.39. The van der Waals surface area contributed by atoms with E-state index in [4.69, 9.17) is 11.8 Å². The number of nitrogens with zero attached hydrogens (tertiary/aromatic N) is 1. The predicted octanol–water partition coefficient (Wildman–Crippen LogP) is 2.94. The van der Waals surface area contributed by atoms with Crippen molar-refractivity contribution in [2.24, 2.45) is 0 Å². The fourth-order valence-corrected chi connectivity index (χ4v) is 0.852. The molecule has 0 aromatic carbocycles. The molecule has 0 spiro atoms. The van der Waals surface area contributed by atoms with Gasteiger partial charge >= 0.3 is 0 Å². The topological polar surface area (TPSA) is 3.24 Å². The van der Waals surface area contributed by atoms with Crippen molar-refractivity contribution in [2.75, 3.05) is 6.54 Å². The van der Waals surface area contributed by atoms with Crippen LogP contribution in [0.4, 0.5) is 0 Å². The van der Waals surface area contributed by atoms with Crippen LogP contribution in [0, 0.1) is 0 Å². The van der Waals surface area contributed by atoms with Crippen molar-refractivity contribution < 1.29 is 0 Å². The minimum Gasteiger partial charge on any atom is -0.155 e. The van der Waals surface area contributed by atoms with Gasteiger partial charge in [-0.3, -0.25) is 0 Å². The van der Waals surface area contributed by atoms with Gasteiger partial charge in [0.15, 0.2) is 0 Å². The maximum Gasteiger partial charge on any atom is 0.0289 e. The zero-order chi connectivity index (χ0) is 6.41. The molecule has 0 rings (SSSR count). The van der Waals surface area contributed by atoms with Gasteiger partial charge < -0.3 is 0 Å². The number of hydrogen-bond donors (Lipinski definition) is 0. The molecule has 0 N–H and O–H groups in total. The van der Waals surface area contributed by atoms with Gasteiger partial charge in [-0.2, -0.15) is 3.45 Å². The van der Waals surface area contributed by atoms with Gasteiger partial charge in [0.25, 0.3) is 0 Å². The van der Waals surface area contributed by atoms with E-state index in [9.17, 15) is 0 Å². The average molecular weight is 201 g/mol. The van der Waals surface area contributed by atoms with E-state index >= 15 is 0 Å². The van der Waals surface area contributed by atoms with Crippen LogP contribution in [0.3, 0.4) is 0 Å². The molecule has 0 amide bonds. The molecule has 3 heteroatoms. The first kappa shape index (κ1) is 8.73. The summed E-state index contributed by atoms with van der Waals surface area (Å²) in [4.78, 5) is 0. The Balaban J connectivity index is 2.72. The molecule has 0 aliphatic carbocycles. The van der Waals surface area contributed by atoms with Gasteiger partial charge in [0, 0.05) is 22.7 Å². The lowest BCUT2D eigenvalue weighted by Gasteiger charge is -2.00. The molecule has 50 valence electrons. The van der Waals surface area contributed by atoms with Crippen LogP contribution in [-0.4, -0.2) is 9.99 Å². The van der Waals surface area contributed by atoms with Crippen LogP contribution in [0.2, 0.25) is 0 Å². The van der Waals surface area contributed by atoms with Crippen LogP contribution in [0.1, 0.15) is 26.2 Å². The van der Waals surface area contributed by atoms with E-state index in [0.29, 0.717) is 0 Å². The molecule has 0 aromatic rings. The van der Waals surface area contributed by atoms with Crippen molar-refractivity contribution in [3.05, 3.63) is 0 Å². The lowest BCUT2D eigenvalue weighted by atomic mass is 10.3. The summed E-state index contributed by atoms with van der Waals surface area (Å²) in [5.74, 6) is 0. The predicted molar refractivity (Wildman–Crippen MR) is 41.0 cm³/mol. The third kappa shape index (κ3) is 6.73. The second-order valence-corrected chi connectivity index (χ2v) is 3.41. The number of rotatable bonds is 4.